The largest absolute Gasteiger partial charge is 0.493 e. The second-order valence-corrected chi connectivity index (χ2v) is 8.64. The van der Waals surface area contributed by atoms with Gasteiger partial charge in [0.25, 0.3) is 0 Å². The highest BCUT2D eigenvalue weighted by molar-refractivity contribution is 7.92. The summed E-state index contributed by atoms with van der Waals surface area (Å²) in [4.78, 5) is 4.26. The van der Waals surface area contributed by atoms with E-state index in [4.69, 9.17) is 9.47 Å². The van der Waals surface area contributed by atoms with Crippen molar-refractivity contribution in [2.24, 2.45) is 0 Å². The van der Waals surface area contributed by atoms with Crippen LogP contribution in [0.15, 0.2) is 66.9 Å². The van der Waals surface area contributed by atoms with Crippen molar-refractivity contribution < 1.29 is 17.9 Å². The van der Waals surface area contributed by atoms with Crippen molar-refractivity contribution in [2.75, 3.05) is 17.2 Å². The number of para-hydroxylation sites is 2. The maximum absolute atomic E-state index is 12.7. The van der Waals surface area contributed by atoms with E-state index >= 15 is 0 Å². The molecule has 0 atom stereocenters. The van der Waals surface area contributed by atoms with Crippen LogP contribution in [-0.2, 0) is 16.6 Å². The molecule has 0 bridgehead atoms. The Morgan fingerprint density at radius 2 is 1.66 bits per heavy atom. The van der Waals surface area contributed by atoms with Gasteiger partial charge >= 0.3 is 0 Å². The molecular weight excluding hydrogens is 388 g/mol. The van der Waals surface area contributed by atoms with Gasteiger partial charge < -0.3 is 9.47 Å². The zero-order valence-electron chi connectivity index (χ0n) is 16.7. The minimum Gasteiger partial charge on any atom is -0.493 e. The smallest absolute Gasteiger partial charge is 0.235 e. The molecule has 7 heteroatoms. The Hall–Kier alpha value is -3.06. The molecule has 0 unspecified atom stereocenters. The zero-order valence-corrected chi connectivity index (χ0v) is 17.5. The highest BCUT2D eigenvalue weighted by Gasteiger charge is 2.21. The van der Waals surface area contributed by atoms with Crippen LogP contribution in [0.2, 0.25) is 0 Å². The van der Waals surface area contributed by atoms with E-state index in [0.29, 0.717) is 22.9 Å². The molecule has 0 fully saturated rings. The lowest BCUT2D eigenvalue weighted by atomic mass is 10.2. The first-order valence-electron chi connectivity index (χ1n) is 9.26. The van der Waals surface area contributed by atoms with Crippen LogP contribution in [0.5, 0.6) is 17.2 Å². The van der Waals surface area contributed by atoms with Crippen LogP contribution >= 0.6 is 0 Å². The minimum atomic E-state index is -3.46. The Bertz CT molecular complexity index is 1050. The van der Waals surface area contributed by atoms with Crippen molar-refractivity contribution in [2.45, 2.75) is 20.4 Å². The van der Waals surface area contributed by atoms with Crippen LogP contribution in [0.4, 0.5) is 5.69 Å². The van der Waals surface area contributed by atoms with E-state index in [1.165, 1.54) is 4.31 Å². The number of hydrogen-bond donors (Lipinski definition) is 0. The van der Waals surface area contributed by atoms with Gasteiger partial charge in [-0.15, -0.1) is 0 Å². The maximum atomic E-state index is 12.7. The van der Waals surface area contributed by atoms with Crippen molar-refractivity contribution in [1.29, 1.82) is 0 Å². The SMILES string of the molecule is CCS(=O)(=O)N(Cc1ccc(C)nc1)c1ccc(Oc2ccccc2OC)cc1. The lowest BCUT2D eigenvalue weighted by molar-refractivity contribution is 0.379. The van der Waals surface area contributed by atoms with Gasteiger partial charge in [-0.05, 0) is 61.9 Å². The monoisotopic (exact) mass is 412 g/mol. The van der Waals surface area contributed by atoms with Crippen LogP contribution in [-0.4, -0.2) is 26.3 Å². The molecule has 1 heterocycles. The number of nitrogens with zero attached hydrogens (tertiary/aromatic N) is 2. The summed E-state index contributed by atoms with van der Waals surface area (Å²) in [5.74, 6) is 1.81. The van der Waals surface area contributed by atoms with E-state index in [-0.39, 0.29) is 12.3 Å². The van der Waals surface area contributed by atoms with Crippen molar-refractivity contribution in [1.82, 2.24) is 4.98 Å². The summed E-state index contributed by atoms with van der Waals surface area (Å²) < 4.78 is 37.9. The lowest BCUT2D eigenvalue weighted by Gasteiger charge is -2.24. The summed E-state index contributed by atoms with van der Waals surface area (Å²) in [6.45, 7) is 3.75. The van der Waals surface area contributed by atoms with Crippen molar-refractivity contribution in [3.63, 3.8) is 0 Å². The first-order valence-corrected chi connectivity index (χ1v) is 10.9. The summed E-state index contributed by atoms with van der Waals surface area (Å²) in [6.07, 6.45) is 1.70. The van der Waals surface area contributed by atoms with Crippen LogP contribution in [0.3, 0.4) is 0 Å². The van der Waals surface area contributed by atoms with Crippen molar-refractivity contribution >= 4 is 15.7 Å². The van der Waals surface area contributed by atoms with Crippen molar-refractivity contribution in [3.05, 3.63) is 78.1 Å². The zero-order chi connectivity index (χ0) is 20.9. The molecule has 29 heavy (non-hydrogen) atoms. The van der Waals surface area contributed by atoms with Gasteiger partial charge in [0.15, 0.2) is 11.5 Å². The predicted octanol–water partition coefficient (Wildman–Crippen LogP) is 4.55. The standard InChI is InChI=1S/C22H24N2O4S/c1-4-29(25,26)24(16-18-10-9-17(2)23-15-18)19-11-13-20(14-12-19)28-22-8-6-5-7-21(22)27-3/h5-15H,4,16H2,1-3H3. The first kappa shape index (κ1) is 20.7. The van der Waals surface area contributed by atoms with Crippen LogP contribution < -0.4 is 13.8 Å². The summed E-state index contributed by atoms with van der Waals surface area (Å²) in [5, 5.41) is 0. The van der Waals surface area contributed by atoms with E-state index in [9.17, 15) is 8.42 Å². The van der Waals surface area contributed by atoms with Crippen LogP contribution in [0.1, 0.15) is 18.2 Å². The molecule has 3 aromatic rings. The molecule has 0 saturated carbocycles. The molecule has 152 valence electrons. The first-order chi connectivity index (χ1) is 13.9. The molecule has 0 aliphatic heterocycles. The van der Waals surface area contributed by atoms with Gasteiger partial charge in [0.2, 0.25) is 10.0 Å². The third-order valence-electron chi connectivity index (χ3n) is 4.42. The normalized spacial score (nSPS) is 11.1. The summed E-state index contributed by atoms with van der Waals surface area (Å²) >= 11 is 0. The Morgan fingerprint density at radius 1 is 0.966 bits per heavy atom. The van der Waals surface area contributed by atoms with Crippen molar-refractivity contribution in [3.8, 4) is 17.2 Å². The molecule has 0 amide bonds. The van der Waals surface area contributed by atoms with Gasteiger partial charge in [-0.3, -0.25) is 9.29 Å². The summed E-state index contributed by atoms with van der Waals surface area (Å²) in [7, 11) is -1.88. The minimum absolute atomic E-state index is 0.00571. The molecule has 0 saturated heterocycles. The maximum Gasteiger partial charge on any atom is 0.235 e. The number of anilines is 1. The number of aryl methyl sites for hydroxylation is 1. The molecular formula is C22H24N2O4S. The number of methoxy groups -OCH3 is 1. The predicted molar refractivity (Wildman–Crippen MR) is 114 cm³/mol. The number of rotatable bonds is 8. The summed E-state index contributed by atoms with van der Waals surface area (Å²) in [5.41, 5.74) is 2.28. The van der Waals surface area contributed by atoms with Gasteiger partial charge in [0.1, 0.15) is 5.75 Å². The lowest BCUT2D eigenvalue weighted by Crippen LogP contribution is -2.31. The highest BCUT2D eigenvalue weighted by Crippen LogP contribution is 2.32. The Balaban J connectivity index is 1.86. The fourth-order valence-electron chi connectivity index (χ4n) is 2.77. The molecule has 6 nitrogen and oxygen atoms in total. The molecule has 0 aliphatic carbocycles. The van der Waals surface area contributed by atoms with Crippen LogP contribution in [0, 0.1) is 6.92 Å². The average Bonchev–Trinajstić information content (AvgIpc) is 2.74. The average molecular weight is 413 g/mol. The number of sulfonamides is 1. The molecule has 0 N–H and O–H groups in total. The third kappa shape index (κ3) is 5.06. The fourth-order valence-corrected chi connectivity index (χ4v) is 3.87. The molecule has 1 aromatic heterocycles. The fraction of sp³-hybridized carbons (Fsp3) is 0.227. The van der Waals surface area contributed by atoms with Gasteiger partial charge in [0.05, 0.1) is 25.1 Å². The van der Waals surface area contributed by atoms with E-state index in [1.807, 2.05) is 43.3 Å². The Kier molecular flexibility index (Phi) is 6.39. The Morgan fingerprint density at radius 3 is 2.24 bits per heavy atom. The molecule has 3 rings (SSSR count). The second-order valence-electron chi connectivity index (χ2n) is 6.46. The highest BCUT2D eigenvalue weighted by atomic mass is 32.2. The third-order valence-corrected chi connectivity index (χ3v) is 6.16. The van der Waals surface area contributed by atoms with E-state index < -0.39 is 10.0 Å². The van der Waals surface area contributed by atoms with E-state index in [0.717, 1.165) is 11.3 Å². The topological polar surface area (TPSA) is 68.7 Å². The van der Waals surface area contributed by atoms with Crippen LogP contribution in [0.25, 0.3) is 0 Å². The number of benzene rings is 2. The van der Waals surface area contributed by atoms with Gasteiger partial charge in [-0.25, -0.2) is 8.42 Å². The second kappa shape index (κ2) is 8.96. The van der Waals surface area contributed by atoms with Gasteiger partial charge in [0, 0.05) is 11.9 Å². The number of pyridine rings is 1. The Labute approximate surface area is 171 Å². The van der Waals surface area contributed by atoms with Gasteiger partial charge in [-0.1, -0.05) is 18.2 Å². The summed E-state index contributed by atoms with van der Waals surface area (Å²) in [6, 6.07) is 18.1. The molecule has 0 spiro atoms. The van der Waals surface area contributed by atoms with Gasteiger partial charge in [-0.2, -0.15) is 0 Å². The quantitative estimate of drug-likeness (QED) is 0.543. The van der Waals surface area contributed by atoms with E-state index in [2.05, 4.69) is 4.98 Å². The number of ether oxygens (including phenoxy) is 2. The molecule has 0 aliphatic rings. The number of aromatic nitrogens is 1. The molecule has 2 aromatic carbocycles. The number of hydrogen-bond acceptors (Lipinski definition) is 5. The molecule has 0 radical (unpaired) electrons. The van der Waals surface area contributed by atoms with E-state index in [1.54, 1.807) is 44.5 Å².